The third kappa shape index (κ3) is 4.89. The van der Waals surface area contributed by atoms with Gasteiger partial charge in [0.2, 0.25) is 0 Å². The van der Waals surface area contributed by atoms with Crippen LogP contribution in [0.5, 0.6) is 0 Å². The van der Waals surface area contributed by atoms with Gasteiger partial charge < -0.3 is 4.90 Å². The Morgan fingerprint density at radius 1 is 0.362 bits per heavy atom. The van der Waals surface area contributed by atoms with E-state index in [9.17, 15) is 0 Å². The van der Waals surface area contributed by atoms with Gasteiger partial charge in [0.1, 0.15) is 0 Å². The topological polar surface area (TPSA) is 3.24 Å². The van der Waals surface area contributed by atoms with Crippen LogP contribution in [0.2, 0.25) is 0 Å². The highest BCUT2D eigenvalue weighted by molar-refractivity contribution is 6.20. The molecular formula is C57H47N. The van der Waals surface area contributed by atoms with Crippen molar-refractivity contribution in [2.45, 2.75) is 57.8 Å². The van der Waals surface area contributed by atoms with Gasteiger partial charge in [0, 0.05) is 17.1 Å². The number of hydrogen-bond acceptors (Lipinski definition) is 1. The van der Waals surface area contributed by atoms with E-state index in [1.807, 2.05) is 0 Å². The number of rotatable bonds is 3. The molecule has 58 heavy (non-hydrogen) atoms. The summed E-state index contributed by atoms with van der Waals surface area (Å²) in [4.78, 5) is 2.43. The van der Waals surface area contributed by atoms with Crippen LogP contribution >= 0.6 is 0 Å². The molecule has 0 fully saturated rings. The van der Waals surface area contributed by atoms with E-state index >= 15 is 0 Å². The van der Waals surface area contributed by atoms with E-state index in [-0.39, 0.29) is 10.8 Å². The SMILES string of the molecule is CC(C)(C)c1ccc(N(c2ccc(C(C)(C)C)cc2)c2ccc3cc4c(cc3c2)C2(c3ccccc3-c3ccccc32)c2c-4c3ccccc3c3ccccc23)cc1. The first-order valence-corrected chi connectivity index (χ1v) is 20.8. The highest BCUT2D eigenvalue weighted by Crippen LogP contribution is 2.65. The molecule has 0 atom stereocenters. The molecule has 2 aliphatic rings. The molecule has 0 amide bonds. The summed E-state index contributed by atoms with van der Waals surface area (Å²) in [6.45, 7) is 13.7. The molecule has 1 heteroatoms. The van der Waals surface area contributed by atoms with Crippen molar-refractivity contribution in [2.24, 2.45) is 0 Å². The minimum Gasteiger partial charge on any atom is -0.310 e. The Labute approximate surface area is 342 Å². The van der Waals surface area contributed by atoms with E-state index in [0.717, 1.165) is 17.1 Å². The van der Waals surface area contributed by atoms with Gasteiger partial charge in [-0.25, -0.2) is 0 Å². The Morgan fingerprint density at radius 2 is 0.828 bits per heavy atom. The van der Waals surface area contributed by atoms with E-state index in [1.165, 1.54) is 88.0 Å². The summed E-state index contributed by atoms with van der Waals surface area (Å²) in [6.07, 6.45) is 0. The summed E-state index contributed by atoms with van der Waals surface area (Å²) >= 11 is 0. The van der Waals surface area contributed by atoms with E-state index in [0.29, 0.717) is 0 Å². The summed E-state index contributed by atoms with van der Waals surface area (Å²) in [6, 6.07) is 66.9. The van der Waals surface area contributed by atoms with Gasteiger partial charge in [0.15, 0.2) is 0 Å². The van der Waals surface area contributed by atoms with E-state index in [1.54, 1.807) is 0 Å². The zero-order valence-corrected chi connectivity index (χ0v) is 34.2. The van der Waals surface area contributed by atoms with Crippen molar-refractivity contribution in [2.75, 3.05) is 4.90 Å². The monoisotopic (exact) mass is 745 g/mol. The van der Waals surface area contributed by atoms with Crippen LogP contribution in [0.4, 0.5) is 17.1 Å². The smallest absolute Gasteiger partial charge is 0.0731 e. The first kappa shape index (κ1) is 34.8. The fraction of sp³-hybridized carbons (Fsp3) is 0.158. The molecule has 1 spiro atoms. The standard InChI is InChI=1S/C57H47N/c1-55(2,3)38-24-29-40(30-25-38)58(41-31-26-39(27-32-41)56(4,5)6)42-28-23-36-34-49-52(35-37(36)33-42)57(50-21-13-11-17-45(50)46-18-12-14-22-51(46)57)54-48-20-10-8-16-44(48)43-15-7-9-19-47(43)53(49)54/h7-35H,1-6H3. The largest absolute Gasteiger partial charge is 0.310 e. The van der Waals surface area contributed by atoms with Crippen molar-refractivity contribution in [1.29, 1.82) is 0 Å². The molecule has 0 radical (unpaired) electrons. The predicted octanol–water partition coefficient (Wildman–Crippen LogP) is 15.6. The molecular weight excluding hydrogens is 699 g/mol. The van der Waals surface area contributed by atoms with Gasteiger partial charge in [0.05, 0.1) is 5.41 Å². The maximum Gasteiger partial charge on any atom is 0.0731 e. The molecule has 0 aromatic heterocycles. The van der Waals surface area contributed by atoms with Crippen LogP contribution in [-0.4, -0.2) is 0 Å². The lowest BCUT2D eigenvalue weighted by Crippen LogP contribution is -2.26. The summed E-state index contributed by atoms with van der Waals surface area (Å²) in [5.41, 5.74) is 16.6. The average molecular weight is 746 g/mol. The second-order valence-corrected chi connectivity index (χ2v) is 18.5. The molecule has 1 nitrogen and oxygen atoms in total. The summed E-state index contributed by atoms with van der Waals surface area (Å²) < 4.78 is 0. The van der Waals surface area contributed by atoms with Crippen molar-refractivity contribution in [3.63, 3.8) is 0 Å². The molecule has 0 bridgehead atoms. The molecule has 0 saturated carbocycles. The normalized spacial score (nSPS) is 13.8. The molecule has 0 unspecified atom stereocenters. The zero-order valence-electron chi connectivity index (χ0n) is 34.2. The number of hydrogen-bond donors (Lipinski definition) is 0. The van der Waals surface area contributed by atoms with Crippen LogP contribution in [0.15, 0.2) is 176 Å². The van der Waals surface area contributed by atoms with Crippen molar-refractivity contribution in [1.82, 2.24) is 0 Å². The number of benzene rings is 9. The highest BCUT2D eigenvalue weighted by Gasteiger charge is 2.53. The molecule has 0 aliphatic heterocycles. The molecule has 2 aliphatic carbocycles. The second kappa shape index (κ2) is 12.3. The van der Waals surface area contributed by atoms with Gasteiger partial charge in [-0.05, 0) is 147 Å². The van der Waals surface area contributed by atoms with Crippen LogP contribution in [0, 0.1) is 0 Å². The van der Waals surface area contributed by atoms with Crippen molar-refractivity contribution in [3.05, 3.63) is 209 Å². The minimum absolute atomic E-state index is 0.0721. The van der Waals surface area contributed by atoms with E-state index in [2.05, 4.69) is 222 Å². The van der Waals surface area contributed by atoms with Gasteiger partial charge in [-0.2, -0.15) is 0 Å². The maximum absolute atomic E-state index is 2.54. The average Bonchev–Trinajstić information content (AvgIpc) is 3.70. The Balaban J connectivity index is 1.20. The Bertz CT molecular complexity index is 3010. The van der Waals surface area contributed by atoms with Gasteiger partial charge in [0.25, 0.3) is 0 Å². The van der Waals surface area contributed by atoms with E-state index < -0.39 is 5.41 Å². The van der Waals surface area contributed by atoms with Crippen LogP contribution in [0.25, 0.3) is 54.6 Å². The van der Waals surface area contributed by atoms with Gasteiger partial charge in [-0.15, -0.1) is 0 Å². The quantitative estimate of drug-likeness (QED) is 0.163. The molecule has 11 rings (SSSR count). The maximum atomic E-state index is 2.54. The van der Waals surface area contributed by atoms with Crippen molar-refractivity contribution >= 4 is 49.4 Å². The first-order valence-electron chi connectivity index (χ1n) is 20.8. The van der Waals surface area contributed by atoms with Crippen molar-refractivity contribution < 1.29 is 0 Å². The van der Waals surface area contributed by atoms with Gasteiger partial charge in [-0.3, -0.25) is 0 Å². The number of nitrogens with zero attached hydrogens (tertiary/aromatic N) is 1. The van der Waals surface area contributed by atoms with Gasteiger partial charge in [-0.1, -0.05) is 169 Å². The Hall–Kier alpha value is -6.44. The zero-order chi connectivity index (χ0) is 39.6. The third-order valence-electron chi connectivity index (χ3n) is 13.1. The predicted molar refractivity (Wildman–Crippen MR) is 247 cm³/mol. The lowest BCUT2D eigenvalue weighted by atomic mass is 9.69. The summed E-state index contributed by atoms with van der Waals surface area (Å²) in [7, 11) is 0. The molecule has 280 valence electrons. The number of anilines is 3. The molecule has 9 aromatic carbocycles. The lowest BCUT2D eigenvalue weighted by molar-refractivity contribution is 0.590. The third-order valence-corrected chi connectivity index (χ3v) is 13.1. The first-order chi connectivity index (χ1) is 28.0. The van der Waals surface area contributed by atoms with Crippen LogP contribution in [0.1, 0.15) is 74.9 Å². The Morgan fingerprint density at radius 3 is 1.38 bits per heavy atom. The molecule has 9 aromatic rings. The summed E-state index contributed by atoms with van der Waals surface area (Å²) in [5.74, 6) is 0. The van der Waals surface area contributed by atoms with Crippen molar-refractivity contribution in [3.8, 4) is 22.3 Å². The molecule has 0 N–H and O–H groups in total. The minimum atomic E-state index is -0.475. The Kier molecular flexibility index (Phi) is 7.36. The van der Waals surface area contributed by atoms with Gasteiger partial charge >= 0.3 is 0 Å². The van der Waals surface area contributed by atoms with Crippen LogP contribution in [0.3, 0.4) is 0 Å². The number of fused-ring (bicyclic) bond motifs is 16. The summed E-state index contributed by atoms with van der Waals surface area (Å²) in [5, 5.41) is 7.74. The highest BCUT2D eigenvalue weighted by atomic mass is 15.1. The lowest BCUT2D eigenvalue weighted by Gasteiger charge is -2.32. The van der Waals surface area contributed by atoms with Crippen LogP contribution < -0.4 is 4.90 Å². The second-order valence-electron chi connectivity index (χ2n) is 18.5. The fourth-order valence-corrected chi connectivity index (χ4v) is 10.3. The molecule has 0 saturated heterocycles. The van der Waals surface area contributed by atoms with E-state index in [4.69, 9.17) is 0 Å². The molecule has 0 heterocycles. The van der Waals surface area contributed by atoms with Crippen LogP contribution in [-0.2, 0) is 16.2 Å². The fourth-order valence-electron chi connectivity index (χ4n) is 10.3.